The molecule has 1 amide bonds. The normalized spacial score (nSPS) is 11.5. The molecule has 3 N–H and O–H groups in total. The number of carboxylic acid groups (broad SMARTS) is 1. The molecule has 0 spiro atoms. The number of alkyl halides is 3. The first-order valence-electron chi connectivity index (χ1n) is 11.1. The molecule has 192 valence electrons. The third-order valence-corrected chi connectivity index (χ3v) is 5.84. The number of nitrogens with zero attached hydrogens (tertiary/aromatic N) is 3. The summed E-state index contributed by atoms with van der Waals surface area (Å²) in [5, 5.41) is 22.4. The molecule has 0 aliphatic carbocycles. The number of carboxylic acids is 1. The molecule has 0 bridgehead atoms. The second-order valence-electron chi connectivity index (χ2n) is 8.18. The molecule has 2 aromatic heterocycles. The van der Waals surface area contributed by atoms with E-state index in [0.717, 1.165) is 17.3 Å². The van der Waals surface area contributed by atoms with E-state index in [0.29, 0.717) is 21.3 Å². The summed E-state index contributed by atoms with van der Waals surface area (Å²) >= 11 is 0. The quantitative estimate of drug-likeness (QED) is 0.275. The number of carbonyl (C=O) groups is 2. The molecule has 0 unspecified atom stereocenters. The third-order valence-electron chi connectivity index (χ3n) is 5.84. The minimum atomic E-state index is -4.85. The van der Waals surface area contributed by atoms with Crippen molar-refractivity contribution < 1.29 is 32.6 Å². The van der Waals surface area contributed by atoms with Gasteiger partial charge in [0.1, 0.15) is 5.75 Å². The van der Waals surface area contributed by atoms with Crippen molar-refractivity contribution in [3.8, 4) is 22.6 Å². The molecular formula is C26H18F3N5O4. The van der Waals surface area contributed by atoms with Crippen molar-refractivity contribution in [1.29, 1.82) is 0 Å². The number of hydrogen-bond acceptors (Lipinski definition) is 5. The Hall–Kier alpha value is -5.13. The van der Waals surface area contributed by atoms with Gasteiger partial charge in [-0.25, -0.2) is 9.48 Å². The molecule has 0 aliphatic rings. The number of halogens is 3. The van der Waals surface area contributed by atoms with E-state index in [9.17, 15) is 27.9 Å². The van der Waals surface area contributed by atoms with Crippen LogP contribution in [0.25, 0.3) is 27.7 Å². The molecule has 0 aliphatic heterocycles. The van der Waals surface area contributed by atoms with Crippen molar-refractivity contribution >= 4 is 28.5 Å². The zero-order valence-corrected chi connectivity index (χ0v) is 19.6. The van der Waals surface area contributed by atoms with Crippen molar-refractivity contribution in [2.45, 2.75) is 6.18 Å². The maximum atomic E-state index is 14.0. The number of methoxy groups -OCH3 is 1. The smallest absolute Gasteiger partial charge is 0.434 e. The number of aromatic carboxylic acids is 1. The van der Waals surface area contributed by atoms with E-state index >= 15 is 0 Å². The van der Waals surface area contributed by atoms with Gasteiger partial charge >= 0.3 is 12.1 Å². The van der Waals surface area contributed by atoms with E-state index in [1.54, 1.807) is 42.5 Å². The minimum Gasteiger partial charge on any atom is -0.497 e. The lowest BCUT2D eigenvalue weighted by Gasteiger charge is -2.13. The Morgan fingerprint density at radius 2 is 1.68 bits per heavy atom. The Labute approximate surface area is 212 Å². The number of benzene rings is 3. The fraction of sp³-hybridized carbons (Fsp3) is 0.0769. The van der Waals surface area contributed by atoms with Crippen LogP contribution in [-0.4, -0.2) is 44.1 Å². The van der Waals surface area contributed by atoms with Crippen molar-refractivity contribution in [3.63, 3.8) is 0 Å². The third kappa shape index (κ3) is 4.54. The number of ether oxygens (including phenoxy) is 1. The van der Waals surface area contributed by atoms with Gasteiger partial charge in [-0.05, 0) is 59.7 Å². The number of aromatic nitrogens is 4. The summed E-state index contributed by atoms with van der Waals surface area (Å²) < 4.78 is 47.6. The number of anilines is 1. The first-order chi connectivity index (χ1) is 18.2. The average molecular weight is 521 g/mol. The van der Waals surface area contributed by atoms with Gasteiger partial charge in [-0.3, -0.25) is 9.89 Å². The van der Waals surface area contributed by atoms with E-state index < -0.39 is 29.3 Å². The number of hydrogen-bond donors (Lipinski definition) is 3. The lowest BCUT2D eigenvalue weighted by atomic mass is 10.0. The molecular weight excluding hydrogens is 503 g/mol. The summed E-state index contributed by atoms with van der Waals surface area (Å²) in [7, 11) is 1.44. The standard InChI is InChI=1S/C26H18F3N5O4/c1-38-18-9-7-17(8-10-18)34-23(26(27,28)29)20(13-30-34)24(35)31-16-5-2-14(3-6-16)15-4-11-19-21(12-15)32-33-22(19)25(36)37/h2-13H,1H3,(H,31,35)(H,32,33)(H,36,37). The van der Waals surface area contributed by atoms with Crippen molar-refractivity contribution in [1.82, 2.24) is 20.0 Å². The van der Waals surface area contributed by atoms with Crippen LogP contribution < -0.4 is 10.1 Å². The van der Waals surface area contributed by atoms with E-state index in [1.165, 1.54) is 31.4 Å². The molecule has 3 aromatic carbocycles. The van der Waals surface area contributed by atoms with Crippen molar-refractivity contribution in [2.75, 3.05) is 12.4 Å². The highest BCUT2D eigenvalue weighted by atomic mass is 19.4. The van der Waals surface area contributed by atoms with E-state index in [1.807, 2.05) is 0 Å². The summed E-state index contributed by atoms with van der Waals surface area (Å²) in [5.41, 5.74) is 0.493. The first-order valence-corrected chi connectivity index (χ1v) is 11.1. The van der Waals surface area contributed by atoms with Crippen LogP contribution in [0.1, 0.15) is 26.5 Å². The van der Waals surface area contributed by atoms with Crippen molar-refractivity contribution in [3.05, 3.63) is 89.9 Å². The topological polar surface area (TPSA) is 122 Å². The SMILES string of the molecule is COc1ccc(-n2ncc(C(=O)Nc3ccc(-c4ccc5c(C(=O)O)n[nH]c5c4)cc3)c2C(F)(F)F)cc1. The molecule has 38 heavy (non-hydrogen) atoms. The number of aromatic amines is 1. The predicted molar refractivity (Wildman–Crippen MR) is 132 cm³/mol. The van der Waals surface area contributed by atoms with Crippen LogP contribution in [0.3, 0.4) is 0 Å². The van der Waals surface area contributed by atoms with E-state index in [4.69, 9.17) is 4.74 Å². The number of carbonyl (C=O) groups excluding carboxylic acids is 1. The summed E-state index contributed by atoms with van der Waals surface area (Å²) in [6.45, 7) is 0. The zero-order valence-electron chi connectivity index (χ0n) is 19.6. The second-order valence-corrected chi connectivity index (χ2v) is 8.18. The number of amides is 1. The average Bonchev–Trinajstić information content (AvgIpc) is 3.54. The maximum absolute atomic E-state index is 14.0. The largest absolute Gasteiger partial charge is 0.497 e. The Kier molecular flexibility index (Phi) is 6.07. The van der Waals surface area contributed by atoms with Crippen LogP contribution in [0.4, 0.5) is 18.9 Å². The van der Waals surface area contributed by atoms with Crippen molar-refractivity contribution in [2.24, 2.45) is 0 Å². The maximum Gasteiger partial charge on any atom is 0.434 e. The summed E-state index contributed by atoms with van der Waals surface area (Å²) in [5.74, 6) is -1.65. The van der Waals surface area contributed by atoms with E-state index in [-0.39, 0.29) is 17.1 Å². The fourth-order valence-electron chi connectivity index (χ4n) is 4.01. The minimum absolute atomic E-state index is 0.0850. The number of rotatable bonds is 6. The van der Waals surface area contributed by atoms with Gasteiger partial charge in [0.25, 0.3) is 5.91 Å². The zero-order chi connectivity index (χ0) is 27.0. The van der Waals surface area contributed by atoms with Gasteiger partial charge in [0.15, 0.2) is 11.4 Å². The van der Waals surface area contributed by atoms with Crippen LogP contribution >= 0.6 is 0 Å². The molecule has 0 saturated heterocycles. The predicted octanol–water partition coefficient (Wildman–Crippen LogP) is 5.39. The highest BCUT2D eigenvalue weighted by Crippen LogP contribution is 2.34. The summed E-state index contributed by atoms with van der Waals surface area (Å²) in [4.78, 5) is 24.1. The molecule has 0 radical (unpaired) electrons. The molecule has 2 heterocycles. The number of H-pyrrole nitrogens is 1. The molecule has 0 atom stereocenters. The fourth-order valence-corrected chi connectivity index (χ4v) is 4.01. The molecule has 5 rings (SSSR count). The summed E-state index contributed by atoms with van der Waals surface area (Å²) in [6, 6.07) is 17.3. The highest BCUT2D eigenvalue weighted by molar-refractivity contribution is 6.05. The van der Waals surface area contributed by atoms with Crippen LogP contribution in [0, 0.1) is 0 Å². The van der Waals surface area contributed by atoms with Gasteiger partial charge in [-0.15, -0.1) is 0 Å². The van der Waals surface area contributed by atoms with Crippen LogP contribution in [0.2, 0.25) is 0 Å². The molecule has 12 heteroatoms. The first kappa shape index (κ1) is 24.6. The summed E-state index contributed by atoms with van der Waals surface area (Å²) in [6.07, 6.45) is -3.97. The Morgan fingerprint density at radius 3 is 2.32 bits per heavy atom. The van der Waals surface area contributed by atoms with Gasteiger partial charge < -0.3 is 15.2 Å². The molecule has 0 saturated carbocycles. The van der Waals surface area contributed by atoms with Gasteiger partial charge in [0.05, 0.1) is 30.1 Å². The number of fused-ring (bicyclic) bond motifs is 1. The molecule has 0 fully saturated rings. The van der Waals surface area contributed by atoms with Gasteiger partial charge in [-0.1, -0.05) is 18.2 Å². The van der Waals surface area contributed by atoms with Gasteiger partial charge in [-0.2, -0.15) is 23.4 Å². The monoisotopic (exact) mass is 521 g/mol. The number of nitrogens with one attached hydrogen (secondary N) is 2. The Bertz CT molecular complexity index is 1660. The van der Waals surface area contributed by atoms with Crippen LogP contribution in [-0.2, 0) is 6.18 Å². The van der Waals surface area contributed by atoms with Crippen LogP contribution in [0.5, 0.6) is 5.75 Å². The van der Waals surface area contributed by atoms with Crippen LogP contribution in [0.15, 0.2) is 72.9 Å². The lowest BCUT2D eigenvalue weighted by molar-refractivity contribution is -0.143. The Balaban J connectivity index is 1.39. The lowest BCUT2D eigenvalue weighted by Crippen LogP contribution is -2.20. The Morgan fingerprint density at radius 1 is 1.00 bits per heavy atom. The molecule has 5 aromatic rings. The second kappa shape index (κ2) is 9.39. The van der Waals surface area contributed by atoms with Gasteiger partial charge in [0.2, 0.25) is 0 Å². The van der Waals surface area contributed by atoms with Gasteiger partial charge in [0, 0.05) is 11.1 Å². The van der Waals surface area contributed by atoms with E-state index in [2.05, 4.69) is 20.6 Å². The highest BCUT2D eigenvalue weighted by Gasteiger charge is 2.40. The molecule has 9 nitrogen and oxygen atoms in total.